The van der Waals surface area contributed by atoms with Gasteiger partial charge in [0.25, 0.3) is 0 Å². The van der Waals surface area contributed by atoms with E-state index in [0.29, 0.717) is 6.42 Å². The Bertz CT molecular complexity index is 511. The molecule has 0 saturated heterocycles. The molecule has 0 aliphatic carbocycles. The lowest BCUT2D eigenvalue weighted by Gasteiger charge is -2.12. The number of nitrogens with two attached hydrogens (primary N) is 1. The van der Waals surface area contributed by atoms with Crippen LogP contribution in [0.2, 0.25) is 0 Å². The zero-order valence-corrected chi connectivity index (χ0v) is 12.0. The van der Waals surface area contributed by atoms with Crippen molar-refractivity contribution in [3.8, 4) is 0 Å². The van der Waals surface area contributed by atoms with Crippen LogP contribution in [0, 0.1) is 11.6 Å². The topological polar surface area (TPSA) is 72.2 Å². The fraction of sp³-hybridized carbons (Fsp3) is 0.455. The molecule has 0 spiro atoms. The van der Waals surface area contributed by atoms with Gasteiger partial charge in [0, 0.05) is 12.6 Å². The van der Waals surface area contributed by atoms with Crippen LogP contribution in [0.3, 0.4) is 0 Å². The van der Waals surface area contributed by atoms with Crippen molar-refractivity contribution in [2.45, 2.75) is 30.7 Å². The molecule has 0 radical (unpaired) electrons. The van der Waals surface area contributed by atoms with Gasteiger partial charge >= 0.3 is 0 Å². The van der Waals surface area contributed by atoms with Crippen LogP contribution in [0.15, 0.2) is 23.1 Å². The van der Waals surface area contributed by atoms with E-state index in [9.17, 15) is 17.2 Å². The van der Waals surface area contributed by atoms with Crippen molar-refractivity contribution in [3.05, 3.63) is 29.8 Å². The van der Waals surface area contributed by atoms with Crippen LogP contribution in [-0.4, -0.2) is 21.0 Å². The van der Waals surface area contributed by atoms with Gasteiger partial charge in [-0.2, -0.15) is 0 Å². The van der Waals surface area contributed by atoms with Gasteiger partial charge in [0.05, 0.1) is 0 Å². The van der Waals surface area contributed by atoms with E-state index in [0.717, 1.165) is 24.6 Å². The predicted molar refractivity (Wildman–Crippen MR) is 71.7 cm³/mol. The van der Waals surface area contributed by atoms with Crippen LogP contribution < -0.4 is 10.5 Å². The quantitative estimate of drug-likeness (QED) is 0.841. The Morgan fingerprint density at radius 3 is 2.58 bits per heavy atom. The molecule has 0 amide bonds. The van der Waals surface area contributed by atoms with Gasteiger partial charge in [-0.3, -0.25) is 0 Å². The summed E-state index contributed by atoms with van der Waals surface area (Å²) in [5, 5.41) is 0. The van der Waals surface area contributed by atoms with Gasteiger partial charge in [-0.1, -0.05) is 19.4 Å². The summed E-state index contributed by atoms with van der Waals surface area (Å²) in [6.45, 7) is 1.91. The second-order valence-corrected chi connectivity index (χ2v) is 5.69. The minimum atomic E-state index is -4.07. The molecule has 0 aromatic heterocycles. The average Bonchev–Trinajstić information content (AvgIpc) is 2.30. The Hall–Kier alpha value is -0.760. The highest BCUT2D eigenvalue weighted by Crippen LogP contribution is 2.16. The summed E-state index contributed by atoms with van der Waals surface area (Å²) in [7, 11) is -4.07. The fourth-order valence-corrected chi connectivity index (χ4v) is 2.64. The molecule has 1 rings (SSSR count). The number of halogens is 3. The molecule has 1 atom stereocenters. The van der Waals surface area contributed by atoms with Crippen molar-refractivity contribution in [3.63, 3.8) is 0 Å². The second kappa shape index (κ2) is 7.74. The van der Waals surface area contributed by atoms with Gasteiger partial charge in [0.15, 0.2) is 11.6 Å². The molecule has 110 valence electrons. The van der Waals surface area contributed by atoms with E-state index in [2.05, 4.69) is 4.72 Å². The maximum atomic E-state index is 13.3. The number of sulfonamides is 1. The maximum Gasteiger partial charge on any atom is 0.243 e. The van der Waals surface area contributed by atoms with Crippen molar-refractivity contribution in [2.24, 2.45) is 5.73 Å². The SMILES string of the molecule is CCCC(N)CNS(=O)(=O)c1cccc(F)c1F.Cl. The Balaban J connectivity index is 0.00000324. The molecule has 3 N–H and O–H groups in total. The summed E-state index contributed by atoms with van der Waals surface area (Å²) in [6.07, 6.45) is 1.46. The Morgan fingerprint density at radius 1 is 1.37 bits per heavy atom. The smallest absolute Gasteiger partial charge is 0.243 e. The lowest BCUT2D eigenvalue weighted by molar-refractivity contribution is 0.482. The summed E-state index contributed by atoms with van der Waals surface area (Å²) in [4.78, 5) is -0.703. The Labute approximate surface area is 117 Å². The molecule has 1 aromatic rings. The Morgan fingerprint density at radius 2 is 2.00 bits per heavy atom. The second-order valence-electron chi connectivity index (χ2n) is 3.95. The molecule has 0 aliphatic rings. The number of rotatable bonds is 6. The van der Waals surface area contributed by atoms with Crippen molar-refractivity contribution in [1.82, 2.24) is 4.72 Å². The van der Waals surface area contributed by atoms with E-state index in [1.165, 1.54) is 0 Å². The summed E-state index contributed by atoms with van der Waals surface area (Å²) >= 11 is 0. The first-order valence-corrected chi connectivity index (χ1v) is 7.06. The molecule has 0 heterocycles. The minimum absolute atomic E-state index is 0. The van der Waals surface area contributed by atoms with E-state index < -0.39 is 26.6 Å². The maximum absolute atomic E-state index is 13.3. The van der Waals surface area contributed by atoms with Gasteiger partial charge in [-0.25, -0.2) is 21.9 Å². The number of benzene rings is 1. The fourth-order valence-electron chi connectivity index (χ4n) is 1.46. The molecule has 1 unspecified atom stereocenters. The average molecular weight is 315 g/mol. The van der Waals surface area contributed by atoms with Gasteiger partial charge in [0.1, 0.15) is 4.90 Å². The number of hydrogen-bond donors (Lipinski definition) is 2. The number of nitrogens with one attached hydrogen (secondary N) is 1. The van der Waals surface area contributed by atoms with Crippen LogP contribution in [0.25, 0.3) is 0 Å². The van der Waals surface area contributed by atoms with E-state index in [4.69, 9.17) is 5.73 Å². The van der Waals surface area contributed by atoms with Crippen LogP contribution in [0.5, 0.6) is 0 Å². The van der Waals surface area contributed by atoms with Crippen molar-refractivity contribution in [1.29, 1.82) is 0 Å². The third kappa shape index (κ3) is 5.02. The van der Waals surface area contributed by atoms with Gasteiger partial charge in [-0.05, 0) is 18.6 Å². The van der Waals surface area contributed by atoms with Crippen molar-refractivity contribution < 1.29 is 17.2 Å². The summed E-state index contributed by atoms with van der Waals surface area (Å²) in [6, 6.07) is 2.66. The van der Waals surface area contributed by atoms with Gasteiger partial charge in [-0.15, -0.1) is 12.4 Å². The minimum Gasteiger partial charge on any atom is -0.327 e. The van der Waals surface area contributed by atoms with Gasteiger partial charge in [0.2, 0.25) is 10.0 Å². The summed E-state index contributed by atoms with van der Waals surface area (Å²) in [5.41, 5.74) is 5.64. The zero-order valence-electron chi connectivity index (χ0n) is 10.4. The molecule has 4 nitrogen and oxygen atoms in total. The third-order valence-corrected chi connectivity index (χ3v) is 3.84. The van der Waals surface area contributed by atoms with Crippen LogP contribution in [-0.2, 0) is 10.0 Å². The molecule has 0 saturated carbocycles. The molecule has 1 aromatic carbocycles. The molecule has 8 heteroatoms. The summed E-state index contributed by atoms with van der Waals surface area (Å²) in [5.74, 6) is -2.58. The Kier molecular flexibility index (Phi) is 7.43. The molecular weight excluding hydrogens is 298 g/mol. The van der Waals surface area contributed by atoms with Crippen LogP contribution in [0.1, 0.15) is 19.8 Å². The molecule has 0 fully saturated rings. The standard InChI is InChI=1S/C11H16F2N2O2S.ClH/c1-2-4-8(14)7-15-18(16,17)10-6-3-5-9(12)11(10)13;/h3,5-6,8,15H,2,4,7,14H2,1H3;1H. The van der Waals surface area contributed by atoms with E-state index in [1.807, 2.05) is 6.92 Å². The predicted octanol–water partition coefficient (Wildman–Crippen LogP) is 1.79. The van der Waals surface area contributed by atoms with Crippen molar-refractivity contribution >= 4 is 22.4 Å². The first-order valence-electron chi connectivity index (χ1n) is 5.57. The summed E-state index contributed by atoms with van der Waals surface area (Å²) < 4.78 is 51.9. The monoisotopic (exact) mass is 314 g/mol. The lowest BCUT2D eigenvalue weighted by atomic mass is 10.2. The largest absolute Gasteiger partial charge is 0.327 e. The highest BCUT2D eigenvalue weighted by atomic mass is 35.5. The highest BCUT2D eigenvalue weighted by Gasteiger charge is 2.21. The van der Waals surface area contributed by atoms with Gasteiger partial charge < -0.3 is 5.73 Å². The zero-order chi connectivity index (χ0) is 13.8. The molecular formula is C11H17ClF2N2O2S. The number of hydrogen-bond acceptors (Lipinski definition) is 3. The highest BCUT2D eigenvalue weighted by molar-refractivity contribution is 7.89. The van der Waals surface area contributed by atoms with E-state index in [-0.39, 0.29) is 25.0 Å². The molecule has 19 heavy (non-hydrogen) atoms. The van der Waals surface area contributed by atoms with Crippen molar-refractivity contribution in [2.75, 3.05) is 6.54 Å². The first kappa shape index (κ1) is 18.2. The van der Waals surface area contributed by atoms with Crippen LogP contribution >= 0.6 is 12.4 Å². The molecule has 0 aliphatic heterocycles. The normalized spacial score (nSPS) is 12.8. The lowest BCUT2D eigenvalue weighted by Crippen LogP contribution is -2.37. The third-order valence-electron chi connectivity index (χ3n) is 2.40. The molecule has 0 bridgehead atoms. The first-order chi connectivity index (χ1) is 8.38. The van der Waals surface area contributed by atoms with Crippen LogP contribution in [0.4, 0.5) is 8.78 Å². The van der Waals surface area contributed by atoms with E-state index in [1.54, 1.807) is 0 Å². The van der Waals surface area contributed by atoms with E-state index >= 15 is 0 Å².